The summed E-state index contributed by atoms with van der Waals surface area (Å²) in [5.74, 6) is -0.762. The van der Waals surface area contributed by atoms with Crippen LogP contribution in [0.15, 0.2) is 60.9 Å². The van der Waals surface area contributed by atoms with Gasteiger partial charge in [-0.3, -0.25) is 9.59 Å². The zero-order valence-corrected chi connectivity index (χ0v) is 18.1. The van der Waals surface area contributed by atoms with Crippen LogP contribution in [0.1, 0.15) is 30.9 Å². The van der Waals surface area contributed by atoms with Crippen molar-refractivity contribution in [2.75, 3.05) is 0 Å². The van der Waals surface area contributed by atoms with Gasteiger partial charge in [-0.25, -0.2) is 0 Å². The highest BCUT2D eigenvalue weighted by atomic mass is 16.2. The van der Waals surface area contributed by atoms with Gasteiger partial charge in [0.05, 0.1) is 6.04 Å². The summed E-state index contributed by atoms with van der Waals surface area (Å²) in [5.41, 5.74) is 3.97. The Kier molecular flexibility index (Phi) is 6.50. The predicted molar refractivity (Wildman–Crippen MR) is 125 cm³/mol. The number of amides is 1. The number of fused-ring (bicyclic) bond motifs is 2. The van der Waals surface area contributed by atoms with E-state index in [1.807, 2.05) is 60.9 Å². The average Bonchev–Trinajstić information content (AvgIpc) is 3.42. The first-order chi connectivity index (χ1) is 15.6. The van der Waals surface area contributed by atoms with E-state index in [-0.39, 0.29) is 18.1 Å². The van der Waals surface area contributed by atoms with Crippen molar-refractivity contribution in [3.8, 4) is 0 Å². The van der Waals surface area contributed by atoms with E-state index in [0.717, 1.165) is 39.2 Å². The number of benzene rings is 2. The van der Waals surface area contributed by atoms with Gasteiger partial charge in [-0.15, -0.1) is 0 Å². The van der Waals surface area contributed by atoms with Crippen LogP contribution in [0.25, 0.3) is 21.8 Å². The van der Waals surface area contributed by atoms with Crippen molar-refractivity contribution in [3.63, 3.8) is 0 Å². The molecule has 4 aromatic rings. The number of para-hydroxylation sites is 2. The number of ketones is 1. The van der Waals surface area contributed by atoms with Gasteiger partial charge in [-0.1, -0.05) is 43.3 Å². The number of aromatic nitrogens is 2. The van der Waals surface area contributed by atoms with Crippen molar-refractivity contribution in [3.05, 3.63) is 72.1 Å². The number of Topliss-reactive ketones (excluding diaryl/α,β-unsaturated/α-hetero) is 1. The molecule has 1 amide bonds. The average molecular weight is 430 g/mol. The molecule has 6 heteroatoms. The minimum atomic E-state index is -0.674. The molecule has 3 N–H and O–H groups in total. The second kappa shape index (κ2) is 9.64. The van der Waals surface area contributed by atoms with Gasteiger partial charge in [0.2, 0.25) is 5.91 Å². The number of nitrogens with one attached hydrogen (secondary N) is 3. The quantitative estimate of drug-likeness (QED) is 0.331. The molecule has 0 spiro atoms. The van der Waals surface area contributed by atoms with Crippen molar-refractivity contribution in [1.29, 1.82) is 0 Å². The Morgan fingerprint density at radius 2 is 1.47 bits per heavy atom. The van der Waals surface area contributed by atoms with Crippen LogP contribution in [0.5, 0.6) is 0 Å². The molecule has 164 valence electrons. The molecule has 0 saturated heterocycles. The van der Waals surface area contributed by atoms with Gasteiger partial charge < -0.3 is 20.1 Å². The van der Waals surface area contributed by atoms with Gasteiger partial charge in [0.15, 0.2) is 5.78 Å². The van der Waals surface area contributed by atoms with Gasteiger partial charge in [0.25, 0.3) is 0 Å². The lowest BCUT2D eigenvalue weighted by Gasteiger charge is -2.19. The number of rotatable bonds is 10. The maximum atomic E-state index is 13.2. The van der Waals surface area contributed by atoms with Crippen molar-refractivity contribution in [2.24, 2.45) is 5.92 Å². The molecule has 0 bridgehead atoms. The Morgan fingerprint density at radius 3 is 2.03 bits per heavy atom. The first kappa shape index (κ1) is 21.6. The van der Waals surface area contributed by atoms with E-state index < -0.39 is 12.0 Å². The Labute approximate surface area is 186 Å². The second-order valence-corrected chi connectivity index (χ2v) is 8.17. The van der Waals surface area contributed by atoms with Crippen molar-refractivity contribution >= 4 is 39.8 Å². The van der Waals surface area contributed by atoms with E-state index in [1.54, 1.807) is 6.92 Å². The maximum absolute atomic E-state index is 13.2. The molecule has 0 aliphatic carbocycles. The third-order valence-electron chi connectivity index (χ3n) is 5.96. The smallest absolute Gasteiger partial charge is 0.220 e. The zero-order valence-electron chi connectivity index (χ0n) is 18.1. The maximum Gasteiger partial charge on any atom is 0.220 e. The molecule has 2 aromatic heterocycles. The Balaban J connectivity index is 1.51. The molecule has 2 heterocycles. The van der Waals surface area contributed by atoms with Crippen LogP contribution in [0, 0.1) is 5.92 Å². The zero-order chi connectivity index (χ0) is 22.5. The Morgan fingerprint density at radius 1 is 0.906 bits per heavy atom. The second-order valence-electron chi connectivity index (χ2n) is 8.17. The number of hydrogen-bond acceptors (Lipinski definition) is 3. The minimum absolute atomic E-state index is 0.0834. The third-order valence-corrected chi connectivity index (χ3v) is 5.96. The molecule has 32 heavy (non-hydrogen) atoms. The van der Waals surface area contributed by atoms with Gasteiger partial charge in [-0.05, 0) is 29.7 Å². The van der Waals surface area contributed by atoms with E-state index >= 15 is 0 Å². The molecule has 0 fully saturated rings. The van der Waals surface area contributed by atoms with Crippen LogP contribution in [-0.4, -0.2) is 34.0 Å². The van der Waals surface area contributed by atoms with E-state index in [9.17, 15) is 14.4 Å². The van der Waals surface area contributed by atoms with Crippen molar-refractivity contribution in [1.82, 2.24) is 15.3 Å². The summed E-state index contributed by atoms with van der Waals surface area (Å²) in [4.78, 5) is 43.6. The highest BCUT2D eigenvalue weighted by Gasteiger charge is 2.25. The summed E-state index contributed by atoms with van der Waals surface area (Å²) in [6.07, 6.45) is 5.86. The standard InChI is InChI=1S/C26H27N3O3/c1-2-26(32)29-24(13-19-15-28-23-10-6-4-8-21(19)23)25(31)12-17(16-30)11-18-14-27-22-9-5-3-7-20(18)22/h3-10,14-17,24,27-28H,2,11-13H2,1H3,(H,29,32). The lowest BCUT2D eigenvalue weighted by molar-refractivity contribution is -0.128. The van der Waals surface area contributed by atoms with E-state index in [1.165, 1.54) is 0 Å². The van der Waals surface area contributed by atoms with Crippen molar-refractivity contribution in [2.45, 2.75) is 38.6 Å². The molecule has 2 unspecified atom stereocenters. The molecule has 0 aliphatic rings. The van der Waals surface area contributed by atoms with Crippen LogP contribution in [-0.2, 0) is 27.2 Å². The van der Waals surface area contributed by atoms with Crippen LogP contribution < -0.4 is 5.32 Å². The highest BCUT2D eigenvalue weighted by Crippen LogP contribution is 2.23. The van der Waals surface area contributed by atoms with Crippen LogP contribution in [0.3, 0.4) is 0 Å². The first-order valence-corrected chi connectivity index (χ1v) is 11.0. The molecule has 6 nitrogen and oxygen atoms in total. The summed E-state index contributed by atoms with van der Waals surface area (Å²) < 4.78 is 0. The van der Waals surface area contributed by atoms with Crippen molar-refractivity contribution < 1.29 is 14.4 Å². The summed E-state index contributed by atoms with van der Waals surface area (Å²) in [7, 11) is 0. The van der Waals surface area contributed by atoms with Gasteiger partial charge in [0, 0.05) is 59.4 Å². The van der Waals surface area contributed by atoms with Gasteiger partial charge >= 0.3 is 0 Å². The topological polar surface area (TPSA) is 94.8 Å². The summed E-state index contributed by atoms with van der Waals surface area (Å²) >= 11 is 0. The van der Waals surface area contributed by atoms with E-state index in [4.69, 9.17) is 0 Å². The van der Waals surface area contributed by atoms with E-state index in [0.29, 0.717) is 19.3 Å². The normalized spacial score (nSPS) is 13.2. The molecular weight excluding hydrogens is 402 g/mol. The Hall–Kier alpha value is -3.67. The molecule has 0 aliphatic heterocycles. The number of aldehydes is 1. The molecule has 4 rings (SSSR count). The minimum Gasteiger partial charge on any atom is -0.361 e. The largest absolute Gasteiger partial charge is 0.361 e. The fourth-order valence-corrected chi connectivity index (χ4v) is 4.21. The van der Waals surface area contributed by atoms with Crippen LogP contribution >= 0.6 is 0 Å². The number of carbonyl (C=O) groups excluding carboxylic acids is 3. The van der Waals surface area contributed by atoms with Crippen LogP contribution in [0.4, 0.5) is 0 Å². The number of H-pyrrole nitrogens is 2. The molecule has 2 aromatic carbocycles. The van der Waals surface area contributed by atoms with Gasteiger partial charge in [-0.2, -0.15) is 0 Å². The molecule has 0 radical (unpaired) electrons. The fourth-order valence-electron chi connectivity index (χ4n) is 4.21. The predicted octanol–water partition coefficient (Wildman–Crippen LogP) is 4.10. The monoisotopic (exact) mass is 429 g/mol. The Bertz CT molecular complexity index is 1250. The van der Waals surface area contributed by atoms with E-state index in [2.05, 4.69) is 15.3 Å². The number of aromatic amines is 2. The highest BCUT2D eigenvalue weighted by molar-refractivity contribution is 5.92. The molecule has 2 atom stereocenters. The number of carbonyl (C=O) groups is 3. The fraction of sp³-hybridized carbons (Fsp3) is 0.269. The first-order valence-electron chi connectivity index (χ1n) is 11.0. The van der Waals surface area contributed by atoms with Crippen LogP contribution in [0.2, 0.25) is 0 Å². The lowest BCUT2D eigenvalue weighted by Crippen LogP contribution is -2.43. The van der Waals surface area contributed by atoms with Gasteiger partial charge in [0.1, 0.15) is 6.29 Å². The molecule has 0 saturated carbocycles. The summed E-state index contributed by atoms with van der Waals surface area (Å²) in [5, 5.41) is 4.95. The number of hydrogen-bond donors (Lipinski definition) is 3. The molecular formula is C26H27N3O3. The summed E-state index contributed by atoms with van der Waals surface area (Å²) in [6.45, 7) is 1.76. The lowest BCUT2D eigenvalue weighted by atomic mass is 9.91. The third kappa shape index (κ3) is 4.64. The summed E-state index contributed by atoms with van der Waals surface area (Å²) in [6, 6.07) is 15.1. The SMILES string of the molecule is CCC(=O)NC(Cc1c[nH]c2ccccc12)C(=O)CC(C=O)Cc1c[nH]c2ccccc12.